The number of nitrogens with one attached hydrogen (secondary N) is 1. The van der Waals surface area contributed by atoms with E-state index in [1.165, 1.54) is 12.1 Å². The van der Waals surface area contributed by atoms with Gasteiger partial charge in [-0.05, 0) is 55.7 Å². The molecule has 0 spiro atoms. The zero-order chi connectivity index (χ0) is 19.5. The highest BCUT2D eigenvalue weighted by atomic mass is 32.2. The number of aryl methyl sites for hydroxylation is 2. The number of nitrogens with zero attached hydrogens (tertiary/aromatic N) is 1. The fourth-order valence-corrected chi connectivity index (χ4v) is 3.53. The van der Waals surface area contributed by atoms with Gasteiger partial charge in [0, 0.05) is 0 Å². The van der Waals surface area contributed by atoms with E-state index in [1.807, 2.05) is 19.1 Å². The number of carbonyl (C=O) groups is 1. The molecule has 1 unspecified atom stereocenters. The minimum Gasteiger partial charge on any atom is -0.348 e. The number of hydrogen-bond acceptors (Lipinski definition) is 3. The zero-order valence-electron chi connectivity index (χ0n) is 15.3. The Bertz CT molecular complexity index is 896. The SMILES string of the molecule is Cc1ccc(C)c(N(CC(=O)NC(C)c2ccc(F)cc2)S(C)(=O)=O)c1. The van der Waals surface area contributed by atoms with Crippen LogP contribution in [0.2, 0.25) is 0 Å². The fraction of sp³-hybridized carbons (Fsp3) is 0.316. The van der Waals surface area contributed by atoms with Gasteiger partial charge in [-0.1, -0.05) is 24.3 Å². The molecule has 1 amide bonds. The maximum atomic E-state index is 13.0. The van der Waals surface area contributed by atoms with Crippen LogP contribution in [0.25, 0.3) is 0 Å². The van der Waals surface area contributed by atoms with Crippen LogP contribution in [-0.4, -0.2) is 27.1 Å². The molecule has 0 fully saturated rings. The maximum Gasteiger partial charge on any atom is 0.241 e. The monoisotopic (exact) mass is 378 g/mol. The molecule has 140 valence electrons. The third kappa shape index (κ3) is 5.05. The summed E-state index contributed by atoms with van der Waals surface area (Å²) in [4.78, 5) is 12.4. The molecule has 0 aliphatic heterocycles. The predicted molar refractivity (Wildman–Crippen MR) is 101 cm³/mol. The maximum absolute atomic E-state index is 13.0. The molecular weight excluding hydrogens is 355 g/mol. The highest BCUT2D eigenvalue weighted by Crippen LogP contribution is 2.24. The second kappa shape index (κ2) is 7.86. The van der Waals surface area contributed by atoms with Gasteiger partial charge in [0.2, 0.25) is 15.9 Å². The van der Waals surface area contributed by atoms with Crippen LogP contribution in [0.1, 0.15) is 29.7 Å². The number of hydrogen-bond donors (Lipinski definition) is 1. The number of anilines is 1. The number of amides is 1. The Labute approximate surface area is 153 Å². The van der Waals surface area contributed by atoms with Crippen molar-refractivity contribution in [2.75, 3.05) is 17.1 Å². The lowest BCUT2D eigenvalue weighted by atomic mass is 10.1. The largest absolute Gasteiger partial charge is 0.348 e. The van der Waals surface area contributed by atoms with Crippen molar-refractivity contribution in [1.29, 1.82) is 0 Å². The number of benzene rings is 2. The molecule has 0 saturated heterocycles. The molecule has 0 bridgehead atoms. The van der Waals surface area contributed by atoms with Crippen LogP contribution in [0.3, 0.4) is 0 Å². The van der Waals surface area contributed by atoms with Gasteiger partial charge in [-0.3, -0.25) is 9.10 Å². The predicted octanol–water partition coefficient (Wildman–Crippen LogP) is 3.09. The van der Waals surface area contributed by atoms with E-state index in [-0.39, 0.29) is 18.4 Å². The lowest BCUT2D eigenvalue weighted by molar-refractivity contribution is -0.120. The summed E-state index contributed by atoms with van der Waals surface area (Å²) < 4.78 is 38.6. The van der Waals surface area contributed by atoms with Crippen molar-refractivity contribution < 1.29 is 17.6 Å². The second-order valence-electron chi connectivity index (χ2n) is 6.40. The quantitative estimate of drug-likeness (QED) is 0.840. The highest BCUT2D eigenvalue weighted by molar-refractivity contribution is 7.92. The summed E-state index contributed by atoms with van der Waals surface area (Å²) in [5.41, 5.74) is 2.88. The molecule has 1 atom stereocenters. The van der Waals surface area contributed by atoms with Gasteiger partial charge >= 0.3 is 0 Å². The Morgan fingerprint density at radius 2 is 1.77 bits per heavy atom. The lowest BCUT2D eigenvalue weighted by Gasteiger charge is -2.25. The molecule has 0 saturated carbocycles. The standard InChI is InChI=1S/C19H23FN2O3S/c1-13-5-6-14(2)18(11-13)22(26(4,24)25)12-19(23)21-15(3)16-7-9-17(20)10-8-16/h5-11,15H,12H2,1-4H3,(H,21,23). The molecule has 2 aromatic rings. The summed E-state index contributed by atoms with van der Waals surface area (Å²) in [7, 11) is -3.64. The average Bonchev–Trinajstić information content (AvgIpc) is 2.54. The third-order valence-electron chi connectivity index (χ3n) is 4.07. The van der Waals surface area contributed by atoms with Crippen molar-refractivity contribution in [2.24, 2.45) is 0 Å². The van der Waals surface area contributed by atoms with Crippen LogP contribution in [0, 0.1) is 19.7 Å². The van der Waals surface area contributed by atoms with Crippen LogP contribution in [0.5, 0.6) is 0 Å². The third-order valence-corrected chi connectivity index (χ3v) is 5.19. The number of carbonyl (C=O) groups excluding carboxylic acids is 1. The topological polar surface area (TPSA) is 66.5 Å². The zero-order valence-corrected chi connectivity index (χ0v) is 16.1. The summed E-state index contributed by atoms with van der Waals surface area (Å²) in [6.07, 6.45) is 1.07. The molecule has 2 rings (SSSR count). The molecule has 7 heteroatoms. The van der Waals surface area contributed by atoms with E-state index >= 15 is 0 Å². The molecule has 1 N–H and O–H groups in total. The molecule has 5 nitrogen and oxygen atoms in total. The Hall–Kier alpha value is -2.41. The summed E-state index contributed by atoms with van der Waals surface area (Å²) >= 11 is 0. The van der Waals surface area contributed by atoms with E-state index in [0.717, 1.165) is 27.3 Å². The highest BCUT2D eigenvalue weighted by Gasteiger charge is 2.23. The van der Waals surface area contributed by atoms with E-state index in [1.54, 1.807) is 32.0 Å². The first kappa shape index (κ1) is 19.9. The molecule has 0 radical (unpaired) electrons. The molecule has 0 aromatic heterocycles. The van der Waals surface area contributed by atoms with Crippen LogP contribution in [0.4, 0.5) is 10.1 Å². The molecule has 0 aliphatic carbocycles. The Morgan fingerprint density at radius 3 is 2.35 bits per heavy atom. The van der Waals surface area contributed by atoms with Gasteiger partial charge < -0.3 is 5.32 Å². The van der Waals surface area contributed by atoms with Crippen molar-refractivity contribution in [2.45, 2.75) is 26.8 Å². The van der Waals surface area contributed by atoms with Crippen LogP contribution in [-0.2, 0) is 14.8 Å². The van der Waals surface area contributed by atoms with Gasteiger partial charge in [0.1, 0.15) is 12.4 Å². The van der Waals surface area contributed by atoms with Crippen molar-refractivity contribution in [3.8, 4) is 0 Å². The Morgan fingerprint density at radius 1 is 1.15 bits per heavy atom. The summed E-state index contributed by atoms with van der Waals surface area (Å²) in [5, 5.41) is 2.75. The summed E-state index contributed by atoms with van der Waals surface area (Å²) in [5.74, 6) is -0.793. The van der Waals surface area contributed by atoms with Crippen molar-refractivity contribution in [3.63, 3.8) is 0 Å². The normalized spacial score (nSPS) is 12.5. The number of sulfonamides is 1. The molecular formula is C19H23FN2O3S. The summed E-state index contributed by atoms with van der Waals surface area (Å²) in [6.45, 7) is 5.09. The van der Waals surface area contributed by atoms with Gasteiger partial charge in [-0.15, -0.1) is 0 Å². The van der Waals surface area contributed by atoms with E-state index in [9.17, 15) is 17.6 Å². The molecule has 0 aliphatic rings. The average molecular weight is 378 g/mol. The van der Waals surface area contributed by atoms with Crippen LogP contribution in [0.15, 0.2) is 42.5 Å². The molecule has 0 heterocycles. The van der Waals surface area contributed by atoms with Gasteiger partial charge in [-0.25, -0.2) is 12.8 Å². The first-order valence-corrected chi connectivity index (χ1v) is 10.0. The first-order chi connectivity index (χ1) is 12.1. The van der Waals surface area contributed by atoms with Gasteiger partial charge in [0.15, 0.2) is 0 Å². The first-order valence-electron chi connectivity index (χ1n) is 8.17. The van der Waals surface area contributed by atoms with E-state index in [2.05, 4.69) is 5.32 Å². The van der Waals surface area contributed by atoms with Crippen LogP contribution >= 0.6 is 0 Å². The molecule has 26 heavy (non-hydrogen) atoms. The van der Waals surface area contributed by atoms with Gasteiger partial charge in [-0.2, -0.15) is 0 Å². The lowest BCUT2D eigenvalue weighted by Crippen LogP contribution is -2.41. The number of rotatable bonds is 6. The minimum absolute atomic E-state index is 0.325. The number of halogens is 1. The second-order valence-corrected chi connectivity index (χ2v) is 8.31. The summed E-state index contributed by atoms with van der Waals surface area (Å²) in [6, 6.07) is 10.9. The smallest absolute Gasteiger partial charge is 0.241 e. The van der Waals surface area contributed by atoms with Crippen LogP contribution < -0.4 is 9.62 Å². The van der Waals surface area contributed by atoms with E-state index in [0.29, 0.717) is 5.69 Å². The Balaban J connectivity index is 2.19. The van der Waals surface area contributed by atoms with Gasteiger partial charge in [0.05, 0.1) is 18.0 Å². The van der Waals surface area contributed by atoms with Gasteiger partial charge in [0.25, 0.3) is 0 Å². The minimum atomic E-state index is -3.64. The van der Waals surface area contributed by atoms with E-state index in [4.69, 9.17) is 0 Å². The molecule has 2 aromatic carbocycles. The Kier molecular flexibility index (Phi) is 6.02. The van der Waals surface area contributed by atoms with Crippen molar-refractivity contribution in [3.05, 3.63) is 65.0 Å². The van der Waals surface area contributed by atoms with E-state index < -0.39 is 15.9 Å². The van der Waals surface area contributed by atoms with Crippen molar-refractivity contribution in [1.82, 2.24) is 5.32 Å². The van der Waals surface area contributed by atoms with Crippen molar-refractivity contribution >= 4 is 21.6 Å². The fourth-order valence-electron chi connectivity index (χ4n) is 2.62.